The average Bonchev–Trinajstić information content (AvgIpc) is 3.79. The summed E-state index contributed by atoms with van der Waals surface area (Å²) < 4.78 is 14.1. The highest BCUT2D eigenvalue weighted by atomic mass is 16.5. The number of hydrogen-bond donors (Lipinski definition) is 0. The Hall–Kier alpha value is -4.24. The number of para-hydroxylation sites is 1. The molecule has 0 aromatic heterocycles. The van der Waals surface area contributed by atoms with Crippen molar-refractivity contribution in [2.75, 3.05) is 0 Å². The van der Waals surface area contributed by atoms with Gasteiger partial charge in [0.15, 0.2) is 0 Å². The lowest BCUT2D eigenvalue weighted by molar-refractivity contribution is 0.0645. The third kappa shape index (κ3) is 4.94. The van der Waals surface area contributed by atoms with Gasteiger partial charge in [0.05, 0.1) is 6.04 Å². The number of rotatable bonds is 4. The van der Waals surface area contributed by atoms with Gasteiger partial charge in [-0.3, -0.25) is 0 Å². The first-order chi connectivity index (χ1) is 27.8. The maximum absolute atomic E-state index is 7.19. The van der Waals surface area contributed by atoms with Crippen LogP contribution in [0.5, 0.6) is 5.75 Å². The van der Waals surface area contributed by atoms with Gasteiger partial charge in [-0.15, -0.1) is 0 Å². The van der Waals surface area contributed by atoms with E-state index < -0.39 is 0 Å². The van der Waals surface area contributed by atoms with E-state index >= 15 is 0 Å². The Morgan fingerprint density at radius 1 is 0.714 bits per heavy atom. The molecular formula is C53H57NO2. The van der Waals surface area contributed by atoms with Crippen LogP contribution in [0, 0.1) is 11.8 Å². The van der Waals surface area contributed by atoms with Crippen molar-refractivity contribution in [3.63, 3.8) is 0 Å². The molecule has 1 spiro atoms. The molecule has 0 bridgehead atoms. The minimum absolute atomic E-state index is 0.0665. The molecule has 7 unspecified atom stereocenters. The van der Waals surface area contributed by atoms with E-state index in [9.17, 15) is 0 Å². The summed E-state index contributed by atoms with van der Waals surface area (Å²) >= 11 is 0. The molecule has 56 heavy (non-hydrogen) atoms. The standard InChI is InChI=1S/C53H57NO2/c1-2-15-34(16-3-1)37-18-6-10-24-46(37)54(47-25-14-21-40-39-20-7-11-26-48(39)56-52(40)47)36-30-32-42-41(33-36)51-38-19-5-4-17-35(38)29-31-45(51)53(42)43-22-8-12-27-49(43)55-50-28-13-9-23-44(50)53/h1-2,5,7-8,12-15,19-22,27-28,36,39,44,47-48,50H,3-4,6,9-11,16-18,23-26,29-33H2. The van der Waals surface area contributed by atoms with Gasteiger partial charge in [0, 0.05) is 40.1 Å². The van der Waals surface area contributed by atoms with Crippen LogP contribution in [0.15, 0.2) is 153 Å². The molecule has 3 nitrogen and oxygen atoms in total. The second-order valence-corrected chi connectivity index (χ2v) is 18.5. The largest absolute Gasteiger partial charge is 0.491 e. The molecule has 0 saturated carbocycles. The van der Waals surface area contributed by atoms with Gasteiger partial charge in [-0.05, 0) is 161 Å². The summed E-state index contributed by atoms with van der Waals surface area (Å²) in [4.78, 5) is 3.04. The minimum atomic E-state index is -0.0665. The Labute approximate surface area is 334 Å². The first-order valence-electron chi connectivity index (χ1n) is 22.7. The minimum Gasteiger partial charge on any atom is -0.491 e. The zero-order valence-electron chi connectivity index (χ0n) is 33.1. The lowest BCUT2D eigenvalue weighted by atomic mass is 9.55. The second-order valence-electron chi connectivity index (χ2n) is 18.5. The van der Waals surface area contributed by atoms with Crippen LogP contribution in [-0.4, -0.2) is 29.2 Å². The highest BCUT2D eigenvalue weighted by Gasteiger charge is 2.60. The van der Waals surface area contributed by atoms with Crippen molar-refractivity contribution in [2.24, 2.45) is 11.8 Å². The van der Waals surface area contributed by atoms with Crippen LogP contribution in [0.4, 0.5) is 0 Å². The third-order valence-corrected chi connectivity index (χ3v) is 15.9. The summed E-state index contributed by atoms with van der Waals surface area (Å²) in [6, 6.07) is 9.93. The van der Waals surface area contributed by atoms with Crippen molar-refractivity contribution in [2.45, 2.75) is 145 Å². The first kappa shape index (κ1) is 33.9. The molecule has 0 amide bonds. The molecule has 1 aromatic carbocycles. The van der Waals surface area contributed by atoms with Gasteiger partial charge in [-0.25, -0.2) is 0 Å². The molecule has 0 saturated heterocycles. The van der Waals surface area contributed by atoms with Gasteiger partial charge in [0.1, 0.15) is 23.7 Å². The molecule has 9 aliphatic carbocycles. The van der Waals surface area contributed by atoms with Gasteiger partial charge in [-0.1, -0.05) is 90.1 Å². The van der Waals surface area contributed by atoms with Crippen LogP contribution in [0.3, 0.4) is 0 Å². The van der Waals surface area contributed by atoms with Crippen LogP contribution < -0.4 is 4.74 Å². The highest BCUT2D eigenvalue weighted by Crippen LogP contribution is 2.67. The van der Waals surface area contributed by atoms with Crippen molar-refractivity contribution in [3.8, 4) is 5.75 Å². The number of nitrogens with zero attached hydrogens (tertiary/aromatic N) is 1. The summed E-state index contributed by atoms with van der Waals surface area (Å²) in [6.07, 6.45) is 48.5. The Bertz CT molecular complexity index is 2220. The van der Waals surface area contributed by atoms with Gasteiger partial charge in [-0.2, -0.15) is 0 Å². The maximum atomic E-state index is 7.19. The number of benzene rings is 1. The summed E-state index contributed by atoms with van der Waals surface area (Å²) in [5.41, 5.74) is 18.0. The summed E-state index contributed by atoms with van der Waals surface area (Å²) in [5.74, 6) is 3.28. The van der Waals surface area contributed by atoms with Crippen LogP contribution in [-0.2, 0) is 10.2 Å². The molecular weight excluding hydrogens is 683 g/mol. The molecule has 2 aliphatic heterocycles. The summed E-state index contributed by atoms with van der Waals surface area (Å²) in [6.45, 7) is 0. The molecule has 0 radical (unpaired) electrons. The zero-order chi connectivity index (χ0) is 36.8. The van der Waals surface area contributed by atoms with Gasteiger partial charge in [0.2, 0.25) is 0 Å². The van der Waals surface area contributed by atoms with Crippen molar-refractivity contribution in [1.82, 2.24) is 4.90 Å². The number of ether oxygens (including phenoxy) is 2. The Balaban J connectivity index is 1.04. The van der Waals surface area contributed by atoms with E-state index in [0.717, 1.165) is 50.7 Å². The van der Waals surface area contributed by atoms with E-state index in [0.29, 0.717) is 24.0 Å². The second kappa shape index (κ2) is 13.4. The lowest BCUT2D eigenvalue weighted by Crippen LogP contribution is -2.51. The van der Waals surface area contributed by atoms with Crippen LogP contribution in [0.1, 0.15) is 121 Å². The predicted octanol–water partition coefficient (Wildman–Crippen LogP) is 12.6. The smallest absolute Gasteiger partial charge is 0.124 e. The van der Waals surface area contributed by atoms with E-state index in [1.165, 1.54) is 87.5 Å². The normalized spacial score (nSPS) is 35.0. The van der Waals surface area contributed by atoms with Crippen molar-refractivity contribution in [1.29, 1.82) is 0 Å². The topological polar surface area (TPSA) is 21.7 Å². The van der Waals surface area contributed by atoms with E-state index in [-0.39, 0.29) is 17.6 Å². The molecule has 2 heterocycles. The van der Waals surface area contributed by atoms with Crippen molar-refractivity contribution in [3.05, 3.63) is 158 Å². The monoisotopic (exact) mass is 739 g/mol. The molecule has 286 valence electrons. The van der Waals surface area contributed by atoms with Crippen molar-refractivity contribution >= 4 is 0 Å². The number of allylic oxidation sites excluding steroid dienone is 16. The van der Waals surface area contributed by atoms with E-state index in [1.807, 2.05) is 0 Å². The van der Waals surface area contributed by atoms with E-state index in [1.54, 1.807) is 50.3 Å². The number of hydrogen-bond acceptors (Lipinski definition) is 3. The third-order valence-electron chi connectivity index (χ3n) is 15.9. The molecule has 1 aromatic rings. The Kier molecular flexibility index (Phi) is 8.12. The molecule has 12 rings (SSSR count). The van der Waals surface area contributed by atoms with Crippen molar-refractivity contribution < 1.29 is 9.47 Å². The molecule has 7 atom stereocenters. The highest BCUT2D eigenvalue weighted by molar-refractivity contribution is 5.74. The SMILES string of the molecule is C1=CCCC(C2=C(N(C3CCC4=C(C3)C3=C(CCC5=C3C=CCC5)C43c4ccccc4OC4C=CCCC43)C3CC=CC4=C3OC3CCC=CC43)CCCC2)=C1. The average molecular weight is 740 g/mol. The predicted molar refractivity (Wildman–Crippen MR) is 226 cm³/mol. The van der Waals surface area contributed by atoms with Crippen LogP contribution in [0.2, 0.25) is 0 Å². The quantitative estimate of drug-likeness (QED) is 0.287. The molecule has 0 N–H and O–H groups in total. The Morgan fingerprint density at radius 3 is 2.59 bits per heavy atom. The van der Waals surface area contributed by atoms with Gasteiger partial charge < -0.3 is 14.4 Å². The van der Waals surface area contributed by atoms with Crippen LogP contribution in [0.25, 0.3) is 0 Å². The molecule has 3 heteroatoms. The Morgan fingerprint density at radius 2 is 1.62 bits per heavy atom. The van der Waals surface area contributed by atoms with E-state index in [2.05, 4.69) is 96.0 Å². The van der Waals surface area contributed by atoms with Gasteiger partial charge >= 0.3 is 0 Å². The molecule has 0 fully saturated rings. The van der Waals surface area contributed by atoms with Gasteiger partial charge in [0.25, 0.3) is 0 Å². The molecule has 11 aliphatic rings. The fraction of sp³-hybridized carbons (Fsp3) is 0.472. The van der Waals surface area contributed by atoms with E-state index in [4.69, 9.17) is 9.47 Å². The fourth-order valence-corrected chi connectivity index (χ4v) is 13.8. The maximum Gasteiger partial charge on any atom is 0.124 e. The number of fused-ring (bicyclic) bond motifs is 10. The van der Waals surface area contributed by atoms with Crippen LogP contribution >= 0.6 is 0 Å². The summed E-state index contributed by atoms with van der Waals surface area (Å²) in [7, 11) is 0. The lowest BCUT2D eigenvalue weighted by Gasteiger charge is -2.52. The zero-order valence-corrected chi connectivity index (χ0v) is 33.1. The first-order valence-corrected chi connectivity index (χ1v) is 22.7. The fourth-order valence-electron chi connectivity index (χ4n) is 13.8. The summed E-state index contributed by atoms with van der Waals surface area (Å²) in [5, 5.41) is 0.